The fraction of sp³-hybridized carbons (Fsp3) is 0.214. The highest BCUT2D eigenvalue weighted by Gasteiger charge is 2.21. The summed E-state index contributed by atoms with van der Waals surface area (Å²) in [4.78, 5) is 3.98. The van der Waals surface area contributed by atoms with Crippen LogP contribution in [0.5, 0.6) is 11.5 Å². The molecular weight excluding hydrogens is 363 g/mol. The Hall–Kier alpha value is -1.53. The second-order valence-electron chi connectivity index (χ2n) is 4.27. The maximum Gasteiger partial charge on any atom is 0.166 e. The molecule has 0 radical (unpaired) electrons. The maximum atomic E-state index is 13.7. The highest BCUT2D eigenvalue weighted by Crippen LogP contribution is 2.37. The minimum Gasteiger partial charge on any atom is -0.496 e. The number of rotatable bonds is 4. The second-order valence-corrected chi connectivity index (χ2v) is 5.57. The Bertz CT molecular complexity index is 670. The molecule has 0 spiro atoms. The Morgan fingerprint density at radius 2 is 2.10 bits per heavy atom. The van der Waals surface area contributed by atoms with E-state index in [0.717, 1.165) is 4.47 Å². The molecule has 0 saturated heterocycles. The van der Waals surface area contributed by atoms with Crippen molar-refractivity contribution in [2.45, 2.75) is 13.0 Å². The number of nitrogens with two attached hydrogens (primary N) is 1. The third-order valence-electron chi connectivity index (χ3n) is 2.87. The molecule has 2 N–H and O–H groups in total. The summed E-state index contributed by atoms with van der Waals surface area (Å²) in [7, 11) is 1.48. The van der Waals surface area contributed by atoms with Gasteiger partial charge in [-0.25, -0.2) is 9.37 Å². The number of pyridine rings is 1. The molecule has 2 rings (SSSR count). The highest BCUT2D eigenvalue weighted by molar-refractivity contribution is 9.10. The molecule has 2 aromatic rings. The lowest BCUT2D eigenvalue weighted by Crippen LogP contribution is -2.09. The third-order valence-corrected chi connectivity index (χ3v) is 3.69. The van der Waals surface area contributed by atoms with Crippen molar-refractivity contribution in [3.05, 3.63) is 45.3 Å². The maximum absolute atomic E-state index is 13.7. The van der Waals surface area contributed by atoms with Crippen LogP contribution in [0.1, 0.15) is 18.6 Å². The van der Waals surface area contributed by atoms with Crippen molar-refractivity contribution in [2.24, 2.45) is 0 Å². The molecule has 0 aliphatic rings. The lowest BCUT2D eigenvalue weighted by Gasteiger charge is -2.20. The Kier molecular flexibility index (Phi) is 4.90. The van der Waals surface area contributed by atoms with E-state index in [-0.39, 0.29) is 10.8 Å². The standard InChI is InChI=1S/C14H13BrClFN2O2/c1-7(21-11-5-8(15)6-19-14(11)18)12-10(20-2)4-3-9(17)13(12)16/h3-7H,1-2H3,(H2,18,19)/t7-/m1/s1. The van der Waals surface area contributed by atoms with Crippen molar-refractivity contribution >= 4 is 33.3 Å². The molecule has 0 amide bonds. The molecule has 1 aromatic carbocycles. The number of ether oxygens (including phenoxy) is 2. The van der Waals surface area contributed by atoms with E-state index in [9.17, 15) is 4.39 Å². The Morgan fingerprint density at radius 3 is 2.76 bits per heavy atom. The van der Waals surface area contributed by atoms with Crippen LogP contribution in [0.2, 0.25) is 5.02 Å². The smallest absolute Gasteiger partial charge is 0.166 e. The minimum absolute atomic E-state index is 0.0385. The molecule has 7 heteroatoms. The minimum atomic E-state index is -0.568. The van der Waals surface area contributed by atoms with Gasteiger partial charge in [0, 0.05) is 10.7 Å². The van der Waals surface area contributed by atoms with Gasteiger partial charge in [-0.2, -0.15) is 0 Å². The van der Waals surface area contributed by atoms with E-state index in [1.165, 1.54) is 19.2 Å². The molecule has 0 aliphatic heterocycles. The topological polar surface area (TPSA) is 57.4 Å². The zero-order valence-electron chi connectivity index (χ0n) is 11.4. The van der Waals surface area contributed by atoms with Gasteiger partial charge in [-0.3, -0.25) is 0 Å². The first kappa shape index (κ1) is 15.9. The number of benzene rings is 1. The van der Waals surface area contributed by atoms with Crippen LogP contribution in [0.15, 0.2) is 28.9 Å². The fourth-order valence-electron chi connectivity index (χ4n) is 1.88. The van der Waals surface area contributed by atoms with Crippen molar-refractivity contribution in [3.8, 4) is 11.5 Å². The molecule has 4 nitrogen and oxygen atoms in total. The van der Waals surface area contributed by atoms with Gasteiger partial charge in [-0.15, -0.1) is 0 Å². The van der Waals surface area contributed by atoms with E-state index >= 15 is 0 Å². The van der Waals surface area contributed by atoms with Crippen molar-refractivity contribution in [1.29, 1.82) is 0 Å². The molecule has 21 heavy (non-hydrogen) atoms. The highest BCUT2D eigenvalue weighted by atomic mass is 79.9. The predicted molar refractivity (Wildman–Crippen MR) is 83.4 cm³/mol. The van der Waals surface area contributed by atoms with Crippen LogP contribution < -0.4 is 15.2 Å². The summed E-state index contributed by atoms with van der Waals surface area (Å²) in [6.07, 6.45) is 0.990. The normalized spacial score (nSPS) is 12.0. The van der Waals surface area contributed by atoms with Gasteiger partial charge < -0.3 is 15.2 Å². The molecule has 1 aromatic heterocycles. The second kappa shape index (κ2) is 6.49. The van der Waals surface area contributed by atoms with Gasteiger partial charge in [0.25, 0.3) is 0 Å². The lowest BCUT2D eigenvalue weighted by atomic mass is 10.1. The van der Waals surface area contributed by atoms with E-state index in [0.29, 0.717) is 17.1 Å². The van der Waals surface area contributed by atoms with Crippen LogP contribution in [-0.4, -0.2) is 12.1 Å². The number of nitrogen functional groups attached to an aromatic ring is 1. The van der Waals surface area contributed by atoms with E-state index < -0.39 is 11.9 Å². The first-order valence-corrected chi connectivity index (χ1v) is 7.20. The largest absolute Gasteiger partial charge is 0.496 e. The predicted octanol–water partition coefficient (Wildman–Crippen LogP) is 4.37. The van der Waals surface area contributed by atoms with Crippen LogP contribution >= 0.6 is 27.5 Å². The number of nitrogens with zero attached hydrogens (tertiary/aromatic N) is 1. The third kappa shape index (κ3) is 3.39. The number of anilines is 1. The van der Waals surface area contributed by atoms with Gasteiger partial charge >= 0.3 is 0 Å². The quantitative estimate of drug-likeness (QED) is 0.862. The van der Waals surface area contributed by atoms with Crippen LogP contribution in [-0.2, 0) is 0 Å². The summed E-state index contributed by atoms with van der Waals surface area (Å²) >= 11 is 9.31. The molecule has 0 unspecified atom stereocenters. The van der Waals surface area contributed by atoms with Gasteiger partial charge in [0.15, 0.2) is 11.6 Å². The summed E-state index contributed by atoms with van der Waals surface area (Å²) in [5.41, 5.74) is 6.17. The fourth-order valence-corrected chi connectivity index (χ4v) is 2.50. The molecule has 1 heterocycles. The van der Waals surface area contributed by atoms with Crippen molar-refractivity contribution < 1.29 is 13.9 Å². The summed E-state index contributed by atoms with van der Waals surface area (Å²) in [6.45, 7) is 1.73. The summed E-state index contributed by atoms with van der Waals surface area (Å²) in [5, 5.41) is -0.0385. The van der Waals surface area contributed by atoms with Crippen LogP contribution in [0, 0.1) is 5.82 Å². The zero-order chi connectivity index (χ0) is 15.6. The number of hydrogen-bond donors (Lipinski definition) is 1. The first-order valence-electron chi connectivity index (χ1n) is 6.03. The van der Waals surface area contributed by atoms with Gasteiger partial charge in [-0.1, -0.05) is 11.6 Å². The first-order chi connectivity index (χ1) is 9.93. The lowest BCUT2D eigenvalue weighted by molar-refractivity contribution is 0.221. The van der Waals surface area contributed by atoms with Gasteiger partial charge in [0.05, 0.1) is 17.7 Å². The van der Waals surface area contributed by atoms with E-state index in [1.807, 2.05) is 0 Å². The van der Waals surface area contributed by atoms with Gasteiger partial charge in [0.2, 0.25) is 0 Å². The number of halogens is 3. The molecule has 0 bridgehead atoms. The monoisotopic (exact) mass is 374 g/mol. The van der Waals surface area contributed by atoms with Crippen molar-refractivity contribution in [3.63, 3.8) is 0 Å². The summed E-state index contributed by atoms with van der Waals surface area (Å²) in [6, 6.07) is 4.42. The van der Waals surface area contributed by atoms with Crippen LogP contribution in [0.4, 0.5) is 10.2 Å². The average Bonchev–Trinajstić information content (AvgIpc) is 2.45. The summed E-state index contributed by atoms with van der Waals surface area (Å²) in [5.74, 6) is 0.509. The Morgan fingerprint density at radius 1 is 1.38 bits per heavy atom. The number of hydrogen-bond acceptors (Lipinski definition) is 4. The van der Waals surface area contributed by atoms with Gasteiger partial charge in [0.1, 0.15) is 17.7 Å². The molecule has 0 fully saturated rings. The van der Waals surface area contributed by atoms with Crippen molar-refractivity contribution in [1.82, 2.24) is 4.98 Å². The molecule has 0 aliphatic carbocycles. The average molecular weight is 376 g/mol. The number of aromatic nitrogens is 1. The van der Waals surface area contributed by atoms with E-state index in [1.54, 1.807) is 19.2 Å². The van der Waals surface area contributed by atoms with Crippen LogP contribution in [0.25, 0.3) is 0 Å². The van der Waals surface area contributed by atoms with E-state index in [2.05, 4.69) is 20.9 Å². The van der Waals surface area contributed by atoms with Crippen LogP contribution in [0.3, 0.4) is 0 Å². The SMILES string of the molecule is COc1ccc(F)c(Cl)c1[C@@H](C)Oc1cc(Br)cnc1N. The van der Waals surface area contributed by atoms with Gasteiger partial charge in [-0.05, 0) is 41.1 Å². The zero-order valence-corrected chi connectivity index (χ0v) is 13.7. The molecular formula is C14H13BrClFN2O2. The molecule has 0 saturated carbocycles. The molecule has 1 atom stereocenters. The van der Waals surface area contributed by atoms with E-state index in [4.69, 9.17) is 26.8 Å². The Labute approximate surface area is 135 Å². The summed E-state index contributed by atoms with van der Waals surface area (Å²) < 4.78 is 25.3. The Balaban J connectivity index is 2.38. The van der Waals surface area contributed by atoms with Crippen molar-refractivity contribution in [2.75, 3.05) is 12.8 Å². The molecule has 112 valence electrons. The number of methoxy groups -OCH3 is 1.